The third kappa shape index (κ3) is 3.35. The van der Waals surface area contributed by atoms with Crippen LogP contribution in [0.5, 0.6) is 0 Å². The van der Waals surface area contributed by atoms with Crippen molar-refractivity contribution in [1.82, 2.24) is 5.32 Å². The molecular weight excluding hydrogens is 142 g/mol. The highest BCUT2D eigenvalue weighted by Crippen LogP contribution is 2.03. The van der Waals surface area contributed by atoms with Gasteiger partial charge in [-0.1, -0.05) is 12.2 Å². The van der Waals surface area contributed by atoms with Crippen LogP contribution in [0.2, 0.25) is 0 Å². The maximum Gasteiger partial charge on any atom is 0.233 e. The average Bonchev–Trinajstić information content (AvgIpc) is 2.00. The zero-order valence-corrected chi connectivity index (χ0v) is 6.25. The van der Waals surface area contributed by atoms with Gasteiger partial charge in [-0.05, 0) is 6.42 Å². The lowest BCUT2D eigenvalue weighted by molar-refractivity contribution is -0.127. The van der Waals surface area contributed by atoms with E-state index < -0.39 is 0 Å². The first-order valence-electron chi connectivity index (χ1n) is 3.23. The summed E-state index contributed by atoms with van der Waals surface area (Å²) in [5.74, 6) is -0.687. The van der Waals surface area contributed by atoms with Crippen molar-refractivity contribution in [3.8, 4) is 0 Å². The molecule has 0 saturated carbocycles. The molecule has 0 aliphatic carbocycles. The molecule has 60 valence electrons. The fourth-order valence-electron chi connectivity index (χ4n) is 0.655. The third-order valence-corrected chi connectivity index (χ3v) is 1.24. The second-order valence-corrected chi connectivity index (χ2v) is 1.99. The molecule has 2 amide bonds. The number of nitrogens with one attached hydrogen (secondary N) is 1. The van der Waals surface area contributed by atoms with Crippen LogP contribution in [0.25, 0.3) is 0 Å². The number of imide groups is 1. The molecule has 0 heterocycles. The molecule has 1 N–H and O–H groups in total. The van der Waals surface area contributed by atoms with Crippen LogP contribution in [0.4, 0.5) is 0 Å². The molecular formula is C8H11NO2. The summed E-state index contributed by atoms with van der Waals surface area (Å²) in [6.07, 6.45) is 3.96. The van der Waals surface area contributed by atoms with E-state index in [4.69, 9.17) is 0 Å². The van der Waals surface area contributed by atoms with Crippen molar-refractivity contribution in [3.63, 3.8) is 0 Å². The molecule has 0 aliphatic rings. The Morgan fingerprint density at radius 2 is 2.18 bits per heavy atom. The van der Waals surface area contributed by atoms with Gasteiger partial charge < -0.3 is 0 Å². The maximum atomic E-state index is 10.9. The van der Waals surface area contributed by atoms with E-state index in [2.05, 4.69) is 13.2 Å². The Hall–Kier alpha value is -1.38. The van der Waals surface area contributed by atoms with E-state index in [9.17, 15) is 9.59 Å². The van der Waals surface area contributed by atoms with Crippen molar-refractivity contribution in [2.45, 2.75) is 6.42 Å². The van der Waals surface area contributed by atoms with E-state index >= 15 is 0 Å². The first-order valence-corrected chi connectivity index (χ1v) is 3.23. The van der Waals surface area contributed by atoms with Gasteiger partial charge >= 0.3 is 0 Å². The molecule has 0 rings (SSSR count). The van der Waals surface area contributed by atoms with Crippen LogP contribution in [-0.4, -0.2) is 12.3 Å². The highest BCUT2D eigenvalue weighted by Gasteiger charge is 2.10. The second kappa shape index (κ2) is 5.41. The summed E-state index contributed by atoms with van der Waals surface area (Å²) in [5, 5.41) is 2.04. The minimum absolute atomic E-state index is 0.338. The fraction of sp³-hybridized carbons (Fsp3) is 0.250. The Labute approximate surface area is 65.8 Å². The van der Waals surface area contributed by atoms with E-state index in [0.29, 0.717) is 12.8 Å². The highest BCUT2D eigenvalue weighted by atomic mass is 16.2. The van der Waals surface area contributed by atoms with Crippen LogP contribution in [-0.2, 0) is 9.59 Å². The second-order valence-electron chi connectivity index (χ2n) is 1.99. The molecule has 0 saturated heterocycles. The van der Waals surface area contributed by atoms with E-state index in [-0.39, 0.29) is 11.8 Å². The summed E-state index contributed by atoms with van der Waals surface area (Å²) in [7, 11) is 0. The van der Waals surface area contributed by atoms with Gasteiger partial charge in [-0.15, -0.1) is 13.2 Å². The van der Waals surface area contributed by atoms with Crippen LogP contribution in [0, 0.1) is 5.92 Å². The number of carbonyl (C=O) groups excluding carboxylic acids is 2. The Morgan fingerprint density at radius 3 is 2.55 bits per heavy atom. The number of rotatable bonds is 5. The Morgan fingerprint density at radius 1 is 1.55 bits per heavy atom. The smallest absolute Gasteiger partial charge is 0.233 e. The molecule has 0 radical (unpaired) electrons. The Kier molecular flexibility index (Phi) is 4.73. The van der Waals surface area contributed by atoms with Gasteiger partial charge in [0.05, 0.1) is 5.92 Å². The minimum Gasteiger partial charge on any atom is -0.299 e. The molecule has 0 fully saturated rings. The third-order valence-electron chi connectivity index (χ3n) is 1.24. The number of amides is 2. The fourth-order valence-corrected chi connectivity index (χ4v) is 0.655. The number of hydrogen-bond donors (Lipinski definition) is 1. The molecule has 3 nitrogen and oxygen atoms in total. The lowest BCUT2D eigenvalue weighted by Crippen LogP contribution is -2.27. The van der Waals surface area contributed by atoms with Crippen molar-refractivity contribution in [3.05, 3.63) is 25.3 Å². The SMILES string of the molecule is C=CCC(C=C)C(=O)NC=O. The number of carbonyl (C=O) groups is 2. The van der Waals surface area contributed by atoms with E-state index in [1.165, 1.54) is 6.08 Å². The molecule has 1 unspecified atom stereocenters. The average molecular weight is 153 g/mol. The predicted octanol–water partition coefficient (Wildman–Crippen LogP) is 0.637. The van der Waals surface area contributed by atoms with Crippen LogP contribution < -0.4 is 5.32 Å². The van der Waals surface area contributed by atoms with Gasteiger partial charge in [0.15, 0.2) is 0 Å². The van der Waals surface area contributed by atoms with Gasteiger partial charge in [0.25, 0.3) is 0 Å². The van der Waals surface area contributed by atoms with Crippen molar-refractivity contribution in [2.24, 2.45) is 5.92 Å². The monoisotopic (exact) mass is 153 g/mol. The first kappa shape index (κ1) is 9.62. The normalized spacial score (nSPS) is 11.3. The van der Waals surface area contributed by atoms with Crippen LogP contribution in [0.15, 0.2) is 25.3 Å². The number of allylic oxidation sites excluding steroid dienone is 1. The highest BCUT2D eigenvalue weighted by molar-refractivity contribution is 5.88. The van der Waals surface area contributed by atoms with Crippen molar-refractivity contribution >= 4 is 12.3 Å². The minimum atomic E-state index is -0.349. The maximum absolute atomic E-state index is 10.9. The molecule has 1 atom stereocenters. The van der Waals surface area contributed by atoms with Gasteiger partial charge in [0.1, 0.15) is 0 Å². The van der Waals surface area contributed by atoms with Gasteiger partial charge in [0.2, 0.25) is 12.3 Å². The Balaban J connectivity index is 4.00. The topological polar surface area (TPSA) is 46.2 Å². The molecule has 0 spiro atoms. The summed E-state index contributed by atoms with van der Waals surface area (Å²) in [6, 6.07) is 0. The molecule has 0 aliphatic heterocycles. The van der Waals surface area contributed by atoms with Crippen LogP contribution >= 0.6 is 0 Å². The van der Waals surface area contributed by atoms with Gasteiger partial charge in [-0.2, -0.15) is 0 Å². The van der Waals surface area contributed by atoms with Crippen molar-refractivity contribution in [1.29, 1.82) is 0 Å². The van der Waals surface area contributed by atoms with Crippen LogP contribution in [0.3, 0.4) is 0 Å². The van der Waals surface area contributed by atoms with Gasteiger partial charge in [-0.3, -0.25) is 14.9 Å². The largest absolute Gasteiger partial charge is 0.299 e. The predicted molar refractivity (Wildman–Crippen MR) is 42.7 cm³/mol. The molecule has 0 bridgehead atoms. The van der Waals surface area contributed by atoms with E-state index in [1.807, 2.05) is 5.32 Å². The summed E-state index contributed by atoms with van der Waals surface area (Å²) in [6.45, 7) is 6.93. The number of hydrogen-bond acceptors (Lipinski definition) is 2. The lowest BCUT2D eigenvalue weighted by Gasteiger charge is -2.05. The summed E-state index contributed by atoms with van der Waals surface area (Å²) >= 11 is 0. The summed E-state index contributed by atoms with van der Waals surface area (Å²) in [5.41, 5.74) is 0. The quantitative estimate of drug-likeness (QED) is 0.465. The zero-order chi connectivity index (χ0) is 8.69. The van der Waals surface area contributed by atoms with E-state index in [0.717, 1.165) is 0 Å². The van der Waals surface area contributed by atoms with Gasteiger partial charge in [-0.25, -0.2) is 0 Å². The van der Waals surface area contributed by atoms with Crippen molar-refractivity contribution in [2.75, 3.05) is 0 Å². The molecule has 11 heavy (non-hydrogen) atoms. The molecule has 0 aromatic heterocycles. The first-order chi connectivity index (χ1) is 5.26. The van der Waals surface area contributed by atoms with Gasteiger partial charge in [0, 0.05) is 0 Å². The Bertz CT molecular complexity index is 175. The zero-order valence-electron chi connectivity index (χ0n) is 6.25. The summed E-state index contributed by atoms with van der Waals surface area (Å²) in [4.78, 5) is 20.8. The lowest BCUT2D eigenvalue weighted by atomic mass is 10.1. The molecule has 3 heteroatoms. The summed E-state index contributed by atoms with van der Waals surface area (Å²) < 4.78 is 0. The van der Waals surface area contributed by atoms with E-state index in [1.54, 1.807) is 6.08 Å². The molecule has 0 aromatic rings. The van der Waals surface area contributed by atoms with Crippen molar-refractivity contribution < 1.29 is 9.59 Å². The standard InChI is InChI=1S/C8H11NO2/c1-3-5-7(4-2)8(11)9-6-10/h3-4,6-7H,1-2,5H2,(H,9,10,11). The van der Waals surface area contributed by atoms with Crippen LogP contribution in [0.1, 0.15) is 6.42 Å². The molecule has 0 aromatic carbocycles.